The fraction of sp³-hybridized carbons (Fsp3) is 0.211. The summed E-state index contributed by atoms with van der Waals surface area (Å²) in [4.78, 5) is 6.22. The lowest BCUT2D eigenvalue weighted by molar-refractivity contribution is -0.137. The van der Waals surface area contributed by atoms with Crippen LogP contribution in [0.1, 0.15) is 16.9 Å². The van der Waals surface area contributed by atoms with Gasteiger partial charge in [-0.1, -0.05) is 12.1 Å². The Morgan fingerprint density at radius 2 is 1.84 bits per heavy atom. The fourth-order valence-corrected chi connectivity index (χ4v) is 2.64. The maximum absolute atomic E-state index is 12.9. The van der Waals surface area contributed by atoms with Crippen LogP contribution in [-0.4, -0.2) is 16.9 Å². The number of hydrogen-bond acceptors (Lipinski definition) is 3. The van der Waals surface area contributed by atoms with Gasteiger partial charge in [0, 0.05) is 24.5 Å². The topological polar surface area (TPSA) is 29.3 Å². The summed E-state index contributed by atoms with van der Waals surface area (Å²) in [5, 5.41) is 0. The maximum atomic E-state index is 12.9. The molecule has 0 atom stereocenters. The first-order chi connectivity index (χ1) is 11.9. The summed E-state index contributed by atoms with van der Waals surface area (Å²) in [6.07, 6.45) is 0.560. The van der Waals surface area contributed by atoms with Gasteiger partial charge in [0.1, 0.15) is 5.76 Å². The molecule has 25 heavy (non-hydrogen) atoms. The Morgan fingerprint density at radius 1 is 1.00 bits per heavy atom. The Morgan fingerprint density at radius 3 is 2.56 bits per heavy atom. The van der Waals surface area contributed by atoms with Gasteiger partial charge in [0.25, 0.3) is 0 Å². The predicted octanol–water partition coefficient (Wildman–Crippen LogP) is 4.99. The number of benzene rings is 1. The van der Waals surface area contributed by atoms with Crippen molar-refractivity contribution < 1.29 is 17.6 Å². The van der Waals surface area contributed by atoms with Crippen molar-refractivity contribution in [2.45, 2.75) is 19.3 Å². The zero-order chi connectivity index (χ0) is 17.9. The Bertz CT molecular complexity index is 829. The van der Waals surface area contributed by atoms with Crippen molar-refractivity contribution in [3.8, 4) is 11.1 Å². The second-order valence-corrected chi connectivity index (χ2v) is 5.91. The molecule has 0 radical (unpaired) electrons. The van der Waals surface area contributed by atoms with E-state index in [-0.39, 0.29) is 0 Å². The van der Waals surface area contributed by atoms with Gasteiger partial charge in [0.15, 0.2) is 0 Å². The van der Waals surface area contributed by atoms with E-state index in [0.717, 1.165) is 23.5 Å². The minimum absolute atomic E-state index is 0.498. The molecular formula is C19H17F3N2O. The molecule has 0 saturated carbocycles. The summed E-state index contributed by atoms with van der Waals surface area (Å²) in [6, 6.07) is 10.9. The molecule has 0 unspecified atom stereocenters. The van der Waals surface area contributed by atoms with Crippen LogP contribution in [-0.2, 0) is 19.3 Å². The van der Waals surface area contributed by atoms with E-state index in [1.165, 1.54) is 6.07 Å². The molecule has 0 aliphatic heterocycles. The van der Waals surface area contributed by atoms with Crippen molar-refractivity contribution in [3.63, 3.8) is 0 Å². The lowest BCUT2D eigenvalue weighted by Gasteiger charge is -2.15. The third-order valence-corrected chi connectivity index (χ3v) is 3.78. The second kappa shape index (κ2) is 7.11. The molecule has 0 spiro atoms. The summed E-state index contributed by atoms with van der Waals surface area (Å²) in [6.45, 7) is 1.25. The molecule has 1 aromatic carbocycles. The molecule has 0 aliphatic carbocycles. The van der Waals surface area contributed by atoms with Gasteiger partial charge in [0.05, 0.1) is 18.4 Å². The average Bonchev–Trinajstić information content (AvgIpc) is 3.07. The van der Waals surface area contributed by atoms with Gasteiger partial charge in [0.2, 0.25) is 0 Å². The molecule has 0 N–H and O–H groups in total. The number of halogens is 3. The maximum Gasteiger partial charge on any atom is 0.416 e. The van der Waals surface area contributed by atoms with Crippen LogP contribution >= 0.6 is 0 Å². The Balaban J connectivity index is 1.77. The minimum atomic E-state index is -4.36. The SMILES string of the molecule is CN(Cc1cncc(-c2cccc(C(F)(F)F)c2)c1)Cc1ccco1. The first-order valence-corrected chi connectivity index (χ1v) is 7.74. The molecule has 0 amide bonds. The summed E-state index contributed by atoms with van der Waals surface area (Å²) in [5.74, 6) is 0.851. The third-order valence-electron chi connectivity index (χ3n) is 3.78. The van der Waals surface area contributed by atoms with Gasteiger partial charge < -0.3 is 4.42 Å². The van der Waals surface area contributed by atoms with Crippen molar-refractivity contribution in [2.75, 3.05) is 7.05 Å². The lowest BCUT2D eigenvalue weighted by atomic mass is 10.0. The van der Waals surface area contributed by atoms with Crippen LogP contribution in [0.15, 0.2) is 65.5 Å². The third kappa shape index (κ3) is 4.48. The van der Waals surface area contributed by atoms with Crippen LogP contribution in [0.3, 0.4) is 0 Å². The van der Waals surface area contributed by atoms with Crippen LogP contribution in [0.4, 0.5) is 13.2 Å². The quantitative estimate of drug-likeness (QED) is 0.652. The average molecular weight is 346 g/mol. The molecule has 2 heterocycles. The van der Waals surface area contributed by atoms with Crippen molar-refractivity contribution in [1.29, 1.82) is 0 Å². The fourth-order valence-electron chi connectivity index (χ4n) is 2.64. The smallest absolute Gasteiger partial charge is 0.416 e. The molecule has 2 aromatic heterocycles. The van der Waals surface area contributed by atoms with Crippen LogP contribution < -0.4 is 0 Å². The van der Waals surface area contributed by atoms with Gasteiger partial charge in [-0.15, -0.1) is 0 Å². The van der Waals surface area contributed by atoms with Crippen molar-refractivity contribution in [1.82, 2.24) is 9.88 Å². The highest BCUT2D eigenvalue weighted by Crippen LogP contribution is 2.32. The lowest BCUT2D eigenvalue weighted by Crippen LogP contribution is -2.17. The largest absolute Gasteiger partial charge is 0.468 e. The zero-order valence-corrected chi connectivity index (χ0v) is 13.6. The van der Waals surface area contributed by atoms with Gasteiger partial charge in [-0.3, -0.25) is 9.88 Å². The van der Waals surface area contributed by atoms with E-state index in [1.54, 1.807) is 24.7 Å². The molecule has 6 heteroatoms. The molecule has 3 nitrogen and oxygen atoms in total. The Hall–Kier alpha value is -2.60. The summed E-state index contributed by atoms with van der Waals surface area (Å²) in [7, 11) is 1.94. The van der Waals surface area contributed by atoms with E-state index in [9.17, 15) is 13.2 Å². The molecule has 0 aliphatic rings. The number of hydrogen-bond donors (Lipinski definition) is 0. The number of alkyl halides is 3. The van der Waals surface area contributed by atoms with E-state index in [1.807, 2.05) is 30.1 Å². The number of pyridine rings is 1. The van der Waals surface area contributed by atoms with Crippen molar-refractivity contribution in [2.24, 2.45) is 0 Å². The molecule has 130 valence electrons. The molecular weight excluding hydrogens is 329 g/mol. The van der Waals surface area contributed by atoms with Crippen LogP contribution in [0, 0.1) is 0 Å². The highest BCUT2D eigenvalue weighted by Gasteiger charge is 2.30. The summed E-state index contributed by atoms with van der Waals surface area (Å²) >= 11 is 0. The van der Waals surface area contributed by atoms with Gasteiger partial charge >= 0.3 is 6.18 Å². The zero-order valence-electron chi connectivity index (χ0n) is 13.6. The number of aromatic nitrogens is 1. The molecule has 0 saturated heterocycles. The first kappa shape index (κ1) is 17.2. The Kier molecular flexibility index (Phi) is 4.90. The highest BCUT2D eigenvalue weighted by atomic mass is 19.4. The van der Waals surface area contributed by atoms with Gasteiger partial charge in [-0.2, -0.15) is 13.2 Å². The van der Waals surface area contributed by atoms with Crippen molar-refractivity contribution in [3.05, 3.63) is 78.0 Å². The molecule has 3 aromatic rings. The molecule has 0 fully saturated rings. The standard InChI is InChI=1S/C19H17F3N2O/c1-24(13-18-6-3-7-25-18)12-14-8-16(11-23-10-14)15-4-2-5-17(9-15)19(20,21)22/h2-11H,12-13H2,1H3. The predicted molar refractivity (Wildman–Crippen MR) is 88.6 cm³/mol. The summed E-state index contributed by atoms with van der Waals surface area (Å²) < 4.78 is 44.0. The monoisotopic (exact) mass is 346 g/mol. The number of nitrogens with zero attached hydrogens (tertiary/aromatic N) is 2. The highest BCUT2D eigenvalue weighted by molar-refractivity contribution is 5.64. The minimum Gasteiger partial charge on any atom is -0.468 e. The van der Waals surface area contributed by atoms with E-state index >= 15 is 0 Å². The molecule has 0 bridgehead atoms. The van der Waals surface area contributed by atoms with E-state index in [0.29, 0.717) is 24.2 Å². The van der Waals surface area contributed by atoms with E-state index < -0.39 is 11.7 Å². The van der Waals surface area contributed by atoms with Crippen LogP contribution in [0.2, 0.25) is 0 Å². The number of furan rings is 1. The normalized spacial score (nSPS) is 11.9. The molecule has 3 rings (SSSR count). The van der Waals surface area contributed by atoms with Gasteiger partial charge in [-0.25, -0.2) is 0 Å². The Labute approximate surface area is 143 Å². The summed E-state index contributed by atoms with van der Waals surface area (Å²) in [5.41, 5.74) is 1.42. The second-order valence-electron chi connectivity index (χ2n) is 5.91. The number of rotatable bonds is 5. The van der Waals surface area contributed by atoms with Gasteiger partial charge in [-0.05, 0) is 48.5 Å². The van der Waals surface area contributed by atoms with Crippen LogP contribution in [0.5, 0.6) is 0 Å². The van der Waals surface area contributed by atoms with E-state index in [2.05, 4.69) is 4.98 Å². The first-order valence-electron chi connectivity index (χ1n) is 7.74. The van der Waals surface area contributed by atoms with Crippen molar-refractivity contribution >= 4 is 0 Å². The van der Waals surface area contributed by atoms with Crippen LogP contribution in [0.25, 0.3) is 11.1 Å². The van der Waals surface area contributed by atoms with E-state index in [4.69, 9.17) is 4.42 Å².